The van der Waals surface area contributed by atoms with Crippen LogP contribution in [-0.4, -0.2) is 21.8 Å². The molecule has 0 aliphatic rings. The first kappa shape index (κ1) is 41.0. The summed E-state index contributed by atoms with van der Waals surface area (Å²) in [6, 6.07) is 33.1. The fourth-order valence-corrected chi connectivity index (χ4v) is 5.44. The second-order valence-electron chi connectivity index (χ2n) is 12.3. The molecule has 0 fully saturated rings. The number of carbonyl (C=O) groups excluding carboxylic acids is 2. The van der Waals surface area contributed by atoms with E-state index >= 15 is 0 Å². The molecule has 4 N–H and O–H groups in total. The molecule has 2 atom stereocenters. The smallest absolute Gasteiger partial charge is 0.306 e. The molecule has 4 rings (SSSR count). The van der Waals surface area contributed by atoms with Crippen molar-refractivity contribution in [2.45, 2.75) is 89.5 Å². The third-order valence-corrected chi connectivity index (χ3v) is 8.40. The first-order chi connectivity index (χ1) is 25.2. The Morgan fingerprint density at radius 2 is 0.865 bits per heavy atom. The Balaban J connectivity index is 0.000000311. The van der Waals surface area contributed by atoms with Crippen LogP contribution in [0.5, 0.6) is 0 Å². The van der Waals surface area contributed by atoms with Crippen molar-refractivity contribution < 1.29 is 28.9 Å². The van der Waals surface area contributed by atoms with Gasteiger partial charge < -0.3 is 20.9 Å². The summed E-state index contributed by atoms with van der Waals surface area (Å²) in [5.74, 6) is -0.876. The van der Waals surface area contributed by atoms with Crippen molar-refractivity contribution in [1.29, 1.82) is 0 Å². The molecular weight excluding hydrogens is 664 g/mol. The van der Waals surface area contributed by atoms with Crippen molar-refractivity contribution in [3.8, 4) is 0 Å². The van der Waals surface area contributed by atoms with Crippen LogP contribution in [0.25, 0.3) is 0 Å². The van der Waals surface area contributed by atoms with Gasteiger partial charge in [0, 0.05) is 37.1 Å². The van der Waals surface area contributed by atoms with Gasteiger partial charge in [-0.3, -0.25) is 29.8 Å². The molecule has 12 nitrogen and oxygen atoms in total. The van der Waals surface area contributed by atoms with Crippen LogP contribution in [-0.2, 0) is 32.3 Å². The summed E-state index contributed by atoms with van der Waals surface area (Å²) in [6.07, 6.45) is 7.20. The lowest BCUT2D eigenvalue weighted by Crippen LogP contribution is -2.12. The Kier molecular flexibility index (Phi) is 18.2. The van der Waals surface area contributed by atoms with Crippen molar-refractivity contribution in [1.82, 2.24) is 0 Å². The number of hydrogen-bond donors (Lipinski definition) is 2. The van der Waals surface area contributed by atoms with Crippen LogP contribution >= 0.6 is 0 Å². The molecule has 0 saturated carbocycles. The number of esters is 2. The number of para-hydroxylation sites is 2. The maximum atomic E-state index is 11.8. The van der Waals surface area contributed by atoms with Crippen molar-refractivity contribution >= 4 is 23.3 Å². The molecule has 0 spiro atoms. The van der Waals surface area contributed by atoms with Gasteiger partial charge in [0.1, 0.15) is 13.2 Å². The van der Waals surface area contributed by atoms with Crippen LogP contribution in [0.15, 0.2) is 109 Å². The maximum Gasteiger partial charge on any atom is 0.306 e. The van der Waals surface area contributed by atoms with E-state index in [4.69, 9.17) is 20.9 Å². The zero-order valence-corrected chi connectivity index (χ0v) is 29.3. The number of hydrogen-bond acceptors (Lipinski definition) is 10. The Labute approximate surface area is 304 Å². The second-order valence-corrected chi connectivity index (χ2v) is 12.3. The SMILES string of the molecule is NC(CCCCC(N)c1ccccc1)c1ccccc1.O=C(CCCCCCC(=O)OCc1ccccc1[N+](=O)[O-])OCc1ccccc1[N+](=O)[O-]. The average Bonchev–Trinajstić information content (AvgIpc) is 3.17. The lowest BCUT2D eigenvalue weighted by atomic mass is 9.98. The van der Waals surface area contributed by atoms with Gasteiger partial charge in [-0.2, -0.15) is 0 Å². The summed E-state index contributed by atoms with van der Waals surface area (Å²) < 4.78 is 10.2. The van der Waals surface area contributed by atoms with Crippen LogP contribution in [0.4, 0.5) is 11.4 Å². The highest BCUT2D eigenvalue weighted by Gasteiger charge is 2.15. The third-order valence-electron chi connectivity index (χ3n) is 8.40. The number of nitro groups is 2. The lowest BCUT2D eigenvalue weighted by molar-refractivity contribution is -0.386. The van der Waals surface area contributed by atoms with Crippen molar-refractivity contribution in [3.63, 3.8) is 0 Å². The molecule has 276 valence electrons. The molecule has 0 saturated heterocycles. The first-order valence-electron chi connectivity index (χ1n) is 17.5. The van der Waals surface area contributed by atoms with Crippen LogP contribution in [0.2, 0.25) is 0 Å². The van der Waals surface area contributed by atoms with Crippen LogP contribution in [0, 0.1) is 20.2 Å². The monoisotopic (exact) mass is 712 g/mol. The van der Waals surface area contributed by atoms with Gasteiger partial charge >= 0.3 is 11.9 Å². The summed E-state index contributed by atoms with van der Waals surface area (Å²) in [4.78, 5) is 44.5. The molecule has 0 radical (unpaired) electrons. The maximum absolute atomic E-state index is 11.8. The zero-order valence-electron chi connectivity index (χ0n) is 29.3. The molecule has 12 heteroatoms. The Morgan fingerprint density at radius 1 is 0.519 bits per heavy atom. The van der Waals surface area contributed by atoms with E-state index in [0.29, 0.717) is 36.8 Å². The number of nitrogens with two attached hydrogens (primary N) is 2. The van der Waals surface area contributed by atoms with Gasteiger partial charge in [-0.15, -0.1) is 0 Å². The molecule has 0 heterocycles. The van der Waals surface area contributed by atoms with E-state index in [1.165, 1.54) is 23.3 Å². The van der Waals surface area contributed by atoms with Crippen LogP contribution in [0.3, 0.4) is 0 Å². The van der Waals surface area contributed by atoms with Crippen LogP contribution < -0.4 is 11.5 Å². The molecule has 0 bridgehead atoms. The number of nitro benzene ring substituents is 2. The van der Waals surface area contributed by atoms with E-state index in [9.17, 15) is 29.8 Å². The minimum Gasteiger partial charge on any atom is -0.461 e. The number of ether oxygens (including phenoxy) is 2. The fourth-order valence-electron chi connectivity index (χ4n) is 5.44. The topological polar surface area (TPSA) is 191 Å². The molecule has 0 amide bonds. The van der Waals surface area contributed by atoms with E-state index in [1.54, 1.807) is 36.4 Å². The minimum absolute atomic E-state index is 0.0888. The highest BCUT2D eigenvalue weighted by molar-refractivity contribution is 5.70. The van der Waals surface area contributed by atoms with Gasteiger partial charge in [0.05, 0.1) is 21.0 Å². The number of unbranched alkanes of at least 4 members (excludes halogenated alkanes) is 4. The predicted molar refractivity (Wildman–Crippen MR) is 199 cm³/mol. The molecular formula is C40H48N4O8. The molecule has 4 aromatic rings. The van der Waals surface area contributed by atoms with Crippen molar-refractivity contribution in [2.24, 2.45) is 11.5 Å². The fraction of sp³-hybridized carbons (Fsp3) is 0.350. The molecule has 52 heavy (non-hydrogen) atoms. The standard InChI is InChI=1S/C22H24N2O8.C18H24N2/c25-21(31-15-17-9-5-7-11-19(17)23(27)28)13-3-1-2-4-14-22(26)32-16-18-10-6-8-12-20(18)24(29)30;19-17(15-9-3-1-4-10-15)13-7-8-14-18(20)16-11-5-2-6-12-16/h5-12H,1-4,13-16H2;1-6,9-12,17-18H,7-8,13-14,19-20H2. The van der Waals surface area contributed by atoms with Gasteiger partial charge in [-0.25, -0.2) is 0 Å². The third kappa shape index (κ3) is 15.2. The lowest BCUT2D eigenvalue weighted by Gasteiger charge is -2.14. The Hall–Kier alpha value is -5.46. The number of nitrogens with zero attached hydrogens (tertiary/aromatic N) is 2. The summed E-state index contributed by atoms with van der Waals surface area (Å²) >= 11 is 0. The van der Waals surface area contributed by atoms with E-state index < -0.39 is 21.8 Å². The highest BCUT2D eigenvalue weighted by atomic mass is 16.6. The second kappa shape index (κ2) is 23.1. The number of carbonyl (C=O) groups is 2. The highest BCUT2D eigenvalue weighted by Crippen LogP contribution is 2.22. The zero-order chi connectivity index (χ0) is 37.6. The summed E-state index contributed by atoms with van der Waals surface area (Å²) in [5.41, 5.74) is 15.3. The molecule has 0 aromatic heterocycles. The first-order valence-corrected chi connectivity index (χ1v) is 17.5. The number of benzene rings is 4. The van der Waals surface area contributed by atoms with Crippen LogP contribution in [0.1, 0.15) is 98.5 Å². The predicted octanol–water partition coefficient (Wildman–Crippen LogP) is 8.58. The quantitative estimate of drug-likeness (QED) is 0.0388. The van der Waals surface area contributed by atoms with E-state index in [1.807, 2.05) is 36.4 Å². The van der Waals surface area contributed by atoms with Gasteiger partial charge in [-0.05, 0) is 48.9 Å². The molecule has 0 aliphatic carbocycles. The van der Waals surface area contributed by atoms with E-state index in [-0.39, 0.29) is 49.5 Å². The van der Waals surface area contributed by atoms with Gasteiger partial charge in [-0.1, -0.05) is 111 Å². The number of rotatable bonds is 20. The molecule has 2 unspecified atom stereocenters. The summed E-state index contributed by atoms with van der Waals surface area (Å²) in [6.45, 7) is -0.303. The van der Waals surface area contributed by atoms with E-state index in [2.05, 4.69) is 24.3 Å². The summed E-state index contributed by atoms with van der Waals surface area (Å²) in [7, 11) is 0. The normalized spacial score (nSPS) is 11.7. The Morgan fingerprint density at radius 3 is 1.23 bits per heavy atom. The van der Waals surface area contributed by atoms with Gasteiger partial charge in [0.15, 0.2) is 0 Å². The molecule has 4 aromatic carbocycles. The molecule has 0 aliphatic heterocycles. The Bertz CT molecular complexity index is 1560. The minimum atomic E-state index is -0.519. The van der Waals surface area contributed by atoms with Gasteiger partial charge in [0.2, 0.25) is 0 Å². The average molecular weight is 713 g/mol. The van der Waals surface area contributed by atoms with Gasteiger partial charge in [0.25, 0.3) is 11.4 Å². The van der Waals surface area contributed by atoms with E-state index in [0.717, 1.165) is 25.7 Å². The largest absolute Gasteiger partial charge is 0.461 e. The summed E-state index contributed by atoms with van der Waals surface area (Å²) in [5, 5.41) is 21.9. The van der Waals surface area contributed by atoms with Crippen molar-refractivity contribution in [2.75, 3.05) is 0 Å². The van der Waals surface area contributed by atoms with Crippen molar-refractivity contribution in [3.05, 3.63) is 152 Å².